The van der Waals surface area contributed by atoms with E-state index < -0.39 is 23.4 Å². The number of ether oxygens (including phenoxy) is 3. The van der Waals surface area contributed by atoms with Gasteiger partial charge in [-0.1, -0.05) is 29.3 Å². The second-order valence-corrected chi connectivity index (χ2v) is 8.09. The first-order chi connectivity index (χ1) is 12.5. The van der Waals surface area contributed by atoms with E-state index in [4.69, 9.17) is 37.4 Å². The fourth-order valence-electron chi connectivity index (χ4n) is 2.52. The van der Waals surface area contributed by atoms with E-state index in [-0.39, 0.29) is 19.2 Å². The van der Waals surface area contributed by atoms with Crippen molar-refractivity contribution in [1.29, 1.82) is 0 Å². The summed E-state index contributed by atoms with van der Waals surface area (Å²) in [6.07, 6.45) is -0.844. The molecule has 1 fully saturated rings. The van der Waals surface area contributed by atoms with E-state index in [9.17, 15) is 9.59 Å². The van der Waals surface area contributed by atoms with E-state index in [1.54, 1.807) is 39.0 Å². The zero-order valence-electron chi connectivity index (χ0n) is 15.7. The summed E-state index contributed by atoms with van der Waals surface area (Å²) in [5.41, 5.74) is -0.0734. The van der Waals surface area contributed by atoms with Gasteiger partial charge >= 0.3 is 6.09 Å². The van der Waals surface area contributed by atoms with Gasteiger partial charge in [-0.25, -0.2) is 4.79 Å². The van der Waals surface area contributed by atoms with Crippen molar-refractivity contribution in [1.82, 2.24) is 10.6 Å². The van der Waals surface area contributed by atoms with Gasteiger partial charge in [-0.15, -0.1) is 0 Å². The van der Waals surface area contributed by atoms with Crippen molar-refractivity contribution < 1.29 is 23.8 Å². The Kier molecular flexibility index (Phi) is 6.97. The molecule has 9 heteroatoms. The van der Waals surface area contributed by atoms with Gasteiger partial charge in [0, 0.05) is 10.6 Å². The highest BCUT2D eigenvalue weighted by Crippen LogP contribution is 2.38. The Morgan fingerprint density at radius 3 is 2.56 bits per heavy atom. The summed E-state index contributed by atoms with van der Waals surface area (Å²) < 4.78 is 16.8. The monoisotopic (exact) mass is 418 g/mol. The topological polar surface area (TPSA) is 85.9 Å². The number of benzene rings is 1. The summed E-state index contributed by atoms with van der Waals surface area (Å²) in [5.74, 6) is -1.64. The van der Waals surface area contributed by atoms with Crippen molar-refractivity contribution in [3.8, 4) is 0 Å². The Balaban J connectivity index is 1.99. The van der Waals surface area contributed by atoms with E-state index in [0.29, 0.717) is 22.2 Å². The van der Waals surface area contributed by atoms with Crippen LogP contribution in [0.25, 0.3) is 0 Å². The molecule has 0 radical (unpaired) electrons. The Morgan fingerprint density at radius 1 is 1.30 bits per heavy atom. The molecule has 1 aliphatic heterocycles. The highest BCUT2D eigenvalue weighted by molar-refractivity contribution is 6.35. The van der Waals surface area contributed by atoms with Crippen molar-refractivity contribution in [3.05, 3.63) is 33.8 Å². The summed E-state index contributed by atoms with van der Waals surface area (Å²) in [6, 6.07) is 4.96. The van der Waals surface area contributed by atoms with Gasteiger partial charge in [-0.3, -0.25) is 4.79 Å². The summed E-state index contributed by atoms with van der Waals surface area (Å²) in [6.45, 7) is 7.21. The molecule has 0 spiro atoms. The van der Waals surface area contributed by atoms with Crippen LogP contribution in [-0.2, 0) is 24.8 Å². The number of nitrogens with one attached hydrogen (secondary N) is 2. The van der Waals surface area contributed by atoms with Gasteiger partial charge in [0.15, 0.2) is 0 Å². The maximum Gasteiger partial charge on any atom is 0.408 e. The standard InChI is InChI=1S/C18H24Cl2N2O5/c1-11-9-25-18(26-11,13-6-5-12(19)7-14(13)20)10-22-15(23)8-21-16(24)27-17(2,3)4/h5-7,11H,8-10H2,1-4H3,(H,21,24)(H,22,23). The fourth-order valence-corrected chi connectivity index (χ4v) is 3.07. The molecule has 0 saturated carbocycles. The molecule has 2 N–H and O–H groups in total. The number of hydrogen-bond acceptors (Lipinski definition) is 5. The molecule has 2 atom stereocenters. The van der Waals surface area contributed by atoms with E-state index in [1.165, 1.54) is 0 Å². The summed E-state index contributed by atoms with van der Waals surface area (Å²) in [5, 5.41) is 5.94. The van der Waals surface area contributed by atoms with Crippen LogP contribution in [0.3, 0.4) is 0 Å². The number of amides is 2. The second kappa shape index (κ2) is 8.65. The van der Waals surface area contributed by atoms with Crippen molar-refractivity contribution in [2.24, 2.45) is 0 Å². The van der Waals surface area contributed by atoms with Crippen molar-refractivity contribution >= 4 is 35.2 Å². The van der Waals surface area contributed by atoms with Gasteiger partial charge in [-0.05, 0) is 39.8 Å². The van der Waals surface area contributed by atoms with E-state index in [1.807, 2.05) is 6.92 Å². The molecule has 7 nitrogen and oxygen atoms in total. The molecule has 27 heavy (non-hydrogen) atoms. The molecule has 2 rings (SSSR count). The molecule has 1 aromatic carbocycles. The van der Waals surface area contributed by atoms with Crippen LogP contribution in [-0.4, -0.2) is 43.4 Å². The number of alkyl carbamates (subject to hydrolysis) is 1. The van der Waals surface area contributed by atoms with Crippen molar-refractivity contribution in [2.45, 2.75) is 45.2 Å². The molecular formula is C18H24Cl2N2O5. The zero-order valence-corrected chi connectivity index (χ0v) is 17.2. The maximum absolute atomic E-state index is 12.1. The first kappa shape index (κ1) is 21.8. The minimum absolute atomic E-state index is 0.0214. The Hall–Kier alpha value is -1.54. The number of carbonyl (C=O) groups is 2. The third-order valence-electron chi connectivity index (χ3n) is 3.59. The lowest BCUT2D eigenvalue weighted by atomic mass is 10.1. The fraction of sp³-hybridized carbons (Fsp3) is 0.556. The van der Waals surface area contributed by atoms with Crippen molar-refractivity contribution in [3.63, 3.8) is 0 Å². The molecule has 2 amide bonds. The van der Waals surface area contributed by atoms with Gasteiger partial charge in [0.25, 0.3) is 0 Å². The lowest BCUT2D eigenvalue weighted by molar-refractivity contribution is -0.173. The third kappa shape index (κ3) is 6.24. The van der Waals surface area contributed by atoms with Crippen LogP contribution in [0, 0.1) is 0 Å². The van der Waals surface area contributed by atoms with Gasteiger partial charge in [-0.2, -0.15) is 0 Å². The highest BCUT2D eigenvalue weighted by atomic mass is 35.5. The molecule has 0 aliphatic carbocycles. The lowest BCUT2D eigenvalue weighted by Gasteiger charge is -2.29. The van der Waals surface area contributed by atoms with Gasteiger partial charge < -0.3 is 24.8 Å². The molecule has 0 aromatic heterocycles. The SMILES string of the molecule is CC1COC(CNC(=O)CNC(=O)OC(C)(C)C)(c2ccc(Cl)cc2Cl)O1. The molecule has 0 bridgehead atoms. The third-order valence-corrected chi connectivity index (χ3v) is 4.14. The molecule has 1 saturated heterocycles. The van der Waals surface area contributed by atoms with Crippen LogP contribution < -0.4 is 10.6 Å². The Bertz CT molecular complexity index is 707. The second-order valence-electron chi connectivity index (χ2n) is 7.25. The van der Waals surface area contributed by atoms with Gasteiger partial charge in [0.2, 0.25) is 11.7 Å². The van der Waals surface area contributed by atoms with E-state index in [2.05, 4.69) is 10.6 Å². The predicted octanol–water partition coefficient (Wildman–Crippen LogP) is 3.22. The van der Waals surface area contributed by atoms with Crippen molar-refractivity contribution in [2.75, 3.05) is 19.7 Å². The minimum Gasteiger partial charge on any atom is -0.444 e. The van der Waals surface area contributed by atoms with Gasteiger partial charge in [0.1, 0.15) is 5.60 Å². The first-order valence-corrected chi connectivity index (χ1v) is 9.27. The average Bonchev–Trinajstić information content (AvgIpc) is 2.91. The first-order valence-electron chi connectivity index (χ1n) is 8.51. The number of hydrogen-bond donors (Lipinski definition) is 2. The summed E-state index contributed by atoms with van der Waals surface area (Å²) in [7, 11) is 0. The predicted molar refractivity (Wildman–Crippen MR) is 102 cm³/mol. The largest absolute Gasteiger partial charge is 0.444 e. The molecule has 2 unspecified atom stereocenters. The van der Waals surface area contributed by atoms with Crippen LogP contribution in [0.15, 0.2) is 18.2 Å². The van der Waals surface area contributed by atoms with Crippen LogP contribution in [0.5, 0.6) is 0 Å². The van der Waals surface area contributed by atoms with Crippen LogP contribution >= 0.6 is 23.2 Å². The molecule has 1 heterocycles. The number of carbonyl (C=O) groups excluding carboxylic acids is 2. The Labute approximate surface area is 168 Å². The van der Waals surface area contributed by atoms with Crippen LogP contribution in [0.4, 0.5) is 4.79 Å². The Morgan fingerprint density at radius 2 is 2.00 bits per heavy atom. The highest BCUT2D eigenvalue weighted by Gasteiger charge is 2.43. The molecular weight excluding hydrogens is 395 g/mol. The number of rotatable bonds is 5. The van der Waals surface area contributed by atoms with Crippen LogP contribution in [0.2, 0.25) is 10.0 Å². The van der Waals surface area contributed by atoms with Crippen LogP contribution in [0.1, 0.15) is 33.3 Å². The zero-order chi connectivity index (χ0) is 20.2. The minimum atomic E-state index is -1.22. The quantitative estimate of drug-likeness (QED) is 0.766. The smallest absolute Gasteiger partial charge is 0.408 e. The average molecular weight is 419 g/mol. The van der Waals surface area contributed by atoms with E-state index >= 15 is 0 Å². The summed E-state index contributed by atoms with van der Waals surface area (Å²) >= 11 is 12.2. The molecule has 1 aromatic rings. The summed E-state index contributed by atoms with van der Waals surface area (Å²) in [4.78, 5) is 23.8. The molecule has 150 valence electrons. The molecule has 1 aliphatic rings. The number of halogens is 2. The normalized spacial score (nSPS) is 22.4. The lowest BCUT2D eigenvalue weighted by Crippen LogP contribution is -2.46. The van der Waals surface area contributed by atoms with E-state index in [0.717, 1.165) is 0 Å². The van der Waals surface area contributed by atoms with Gasteiger partial charge in [0.05, 0.1) is 30.8 Å². The maximum atomic E-state index is 12.1.